The first-order valence-corrected chi connectivity index (χ1v) is 7.75. The van der Waals surface area contributed by atoms with Crippen LogP contribution in [0.15, 0.2) is 17.2 Å². The van der Waals surface area contributed by atoms with Crippen LogP contribution >= 0.6 is 11.5 Å². The van der Waals surface area contributed by atoms with Crippen molar-refractivity contribution in [3.8, 4) is 0 Å². The van der Waals surface area contributed by atoms with Gasteiger partial charge in [0.05, 0.1) is 11.1 Å². The number of sulfonamides is 1. The number of hydrogen-bond donors (Lipinski definition) is 2. The van der Waals surface area contributed by atoms with Crippen molar-refractivity contribution in [1.82, 2.24) is 9.59 Å². The van der Waals surface area contributed by atoms with E-state index in [1.807, 2.05) is 6.92 Å². The van der Waals surface area contributed by atoms with Crippen molar-refractivity contribution < 1.29 is 8.42 Å². The van der Waals surface area contributed by atoms with Crippen LogP contribution in [0.3, 0.4) is 0 Å². The molecule has 8 heteroatoms. The molecule has 0 aliphatic rings. The van der Waals surface area contributed by atoms with Crippen molar-refractivity contribution in [3.63, 3.8) is 0 Å². The molecule has 1 heterocycles. The zero-order valence-corrected chi connectivity index (χ0v) is 12.4. The summed E-state index contributed by atoms with van der Waals surface area (Å²) in [5.41, 5.74) is 8.39. The molecule has 0 aliphatic heterocycles. The Morgan fingerprint density at radius 3 is 2.53 bits per heavy atom. The smallest absolute Gasteiger partial charge is 0.263 e. The lowest BCUT2D eigenvalue weighted by Gasteiger charge is -2.15. The largest absolute Gasteiger partial charge is 0.398 e. The summed E-state index contributed by atoms with van der Waals surface area (Å²) < 4.78 is 30.9. The van der Waals surface area contributed by atoms with Gasteiger partial charge >= 0.3 is 0 Å². The van der Waals surface area contributed by atoms with E-state index in [1.54, 1.807) is 19.9 Å². The van der Waals surface area contributed by atoms with Crippen molar-refractivity contribution in [2.24, 2.45) is 0 Å². The summed E-state index contributed by atoms with van der Waals surface area (Å²) in [4.78, 5) is 0.221. The minimum absolute atomic E-state index is 0.221. The van der Waals surface area contributed by atoms with Crippen molar-refractivity contribution in [1.29, 1.82) is 0 Å². The van der Waals surface area contributed by atoms with Crippen molar-refractivity contribution in [2.45, 2.75) is 25.7 Å². The van der Waals surface area contributed by atoms with Gasteiger partial charge < -0.3 is 5.73 Å². The van der Waals surface area contributed by atoms with Crippen LogP contribution in [0.4, 0.5) is 10.7 Å². The Balaban J connectivity index is 2.58. The average molecular weight is 298 g/mol. The molecule has 0 bridgehead atoms. The van der Waals surface area contributed by atoms with E-state index in [0.717, 1.165) is 17.1 Å². The van der Waals surface area contributed by atoms with Gasteiger partial charge in [0.2, 0.25) is 0 Å². The van der Waals surface area contributed by atoms with Crippen molar-refractivity contribution >= 4 is 32.2 Å². The van der Waals surface area contributed by atoms with E-state index < -0.39 is 10.0 Å². The zero-order chi connectivity index (χ0) is 14.2. The maximum Gasteiger partial charge on any atom is 0.263 e. The third kappa shape index (κ3) is 2.54. The minimum atomic E-state index is -3.69. The molecule has 1 aromatic carbocycles. The fourth-order valence-corrected chi connectivity index (χ4v) is 4.10. The number of nitrogens with two attached hydrogens (primary N) is 1. The summed E-state index contributed by atoms with van der Waals surface area (Å²) >= 11 is 0.982. The van der Waals surface area contributed by atoms with Crippen LogP contribution in [0, 0.1) is 20.8 Å². The molecule has 0 fully saturated rings. The highest BCUT2D eigenvalue weighted by molar-refractivity contribution is 7.93. The average Bonchev–Trinajstić information content (AvgIpc) is 2.78. The minimum Gasteiger partial charge on any atom is -0.398 e. The molecule has 3 N–H and O–H groups in total. The van der Waals surface area contributed by atoms with E-state index in [1.165, 1.54) is 6.20 Å². The van der Waals surface area contributed by atoms with E-state index in [-0.39, 0.29) is 4.90 Å². The molecule has 2 rings (SSSR count). The number of benzene rings is 1. The Labute approximate surface area is 115 Å². The van der Waals surface area contributed by atoms with E-state index >= 15 is 0 Å². The van der Waals surface area contributed by atoms with Gasteiger partial charge in [0.15, 0.2) is 0 Å². The normalized spacial score (nSPS) is 11.5. The van der Waals surface area contributed by atoms with E-state index in [2.05, 4.69) is 14.3 Å². The number of rotatable bonds is 3. The van der Waals surface area contributed by atoms with E-state index in [0.29, 0.717) is 21.8 Å². The van der Waals surface area contributed by atoms with Crippen LogP contribution < -0.4 is 10.5 Å². The van der Waals surface area contributed by atoms with Gasteiger partial charge in [-0.05, 0) is 43.5 Å². The van der Waals surface area contributed by atoms with Crippen molar-refractivity contribution in [3.05, 3.63) is 29.0 Å². The number of nitrogen functional groups attached to an aromatic ring is 1. The summed E-state index contributed by atoms with van der Waals surface area (Å²) in [7, 11) is -3.69. The molecule has 0 amide bonds. The lowest BCUT2D eigenvalue weighted by atomic mass is 10.1. The van der Waals surface area contributed by atoms with Crippen LogP contribution in [0.5, 0.6) is 0 Å². The Kier molecular flexibility index (Phi) is 3.46. The quantitative estimate of drug-likeness (QED) is 0.843. The second-order valence-electron chi connectivity index (χ2n) is 4.25. The SMILES string of the molecule is Cc1cc(N)c(C)c(S(=O)(=O)Nc2cnns2)c1C. The molecular weight excluding hydrogens is 284 g/mol. The molecule has 0 radical (unpaired) electrons. The number of hydrogen-bond acceptors (Lipinski definition) is 6. The molecule has 0 spiro atoms. The molecule has 0 atom stereocenters. The van der Waals surface area contributed by atoms with Gasteiger partial charge in [-0.15, -0.1) is 5.10 Å². The molecule has 0 aliphatic carbocycles. The monoisotopic (exact) mass is 298 g/mol. The second-order valence-corrected chi connectivity index (χ2v) is 6.65. The van der Waals surface area contributed by atoms with Gasteiger partial charge in [0.1, 0.15) is 5.00 Å². The number of nitrogens with zero attached hydrogens (tertiary/aromatic N) is 2. The molecular formula is C11H14N4O2S2. The first-order valence-electron chi connectivity index (χ1n) is 5.49. The first kappa shape index (κ1) is 13.8. The number of nitrogens with one attached hydrogen (secondary N) is 1. The molecule has 0 saturated heterocycles. The summed E-state index contributed by atoms with van der Waals surface area (Å²) in [5.74, 6) is 0. The summed E-state index contributed by atoms with van der Waals surface area (Å²) in [6.45, 7) is 5.29. The summed E-state index contributed by atoms with van der Waals surface area (Å²) in [6.07, 6.45) is 1.37. The Morgan fingerprint density at radius 1 is 1.26 bits per heavy atom. The lowest BCUT2D eigenvalue weighted by molar-refractivity contribution is 0.600. The topological polar surface area (TPSA) is 98.0 Å². The standard InChI is InChI=1S/C11H14N4O2S2/c1-6-4-9(12)8(3)11(7(6)2)19(16,17)14-10-5-13-15-18-10/h4-5,14H,12H2,1-3H3. The van der Waals surface area contributed by atoms with E-state index in [9.17, 15) is 8.42 Å². The highest BCUT2D eigenvalue weighted by atomic mass is 32.2. The van der Waals surface area contributed by atoms with Gasteiger partial charge in [-0.3, -0.25) is 4.72 Å². The molecule has 2 aromatic rings. The molecule has 0 unspecified atom stereocenters. The van der Waals surface area contributed by atoms with Gasteiger partial charge in [-0.1, -0.05) is 4.49 Å². The fourth-order valence-electron chi connectivity index (χ4n) is 1.84. The molecule has 1 aromatic heterocycles. The highest BCUT2D eigenvalue weighted by Gasteiger charge is 2.23. The first-order chi connectivity index (χ1) is 8.83. The molecule has 6 nitrogen and oxygen atoms in total. The number of aryl methyl sites for hydroxylation is 1. The molecule has 19 heavy (non-hydrogen) atoms. The number of aromatic nitrogens is 2. The Hall–Kier alpha value is -1.67. The predicted molar refractivity (Wildman–Crippen MR) is 75.8 cm³/mol. The predicted octanol–water partition coefficient (Wildman–Crippen LogP) is 1.85. The van der Waals surface area contributed by atoms with Gasteiger partial charge in [-0.2, -0.15) is 0 Å². The maximum atomic E-state index is 12.4. The lowest BCUT2D eigenvalue weighted by Crippen LogP contribution is -2.16. The van der Waals surface area contributed by atoms with Gasteiger partial charge in [-0.25, -0.2) is 8.42 Å². The van der Waals surface area contributed by atoms with E-state index in [4.69, 9.17) is 5.73 Å². The second kappa shape index (κ2) is 4.78. The highest BCUT2D eigenvalue weighted by Crippen LogP contribution is 2.29. The number of anilines is 2. The van der Waals surface area contributed by atoms with Crippen LogP contribution in [-0.4, -0.2) is 18.0 Å². The van der Waals surface area contributed by atoms with Crippen LogP contribution in [-0.2, 0) is 10.0 Å². The fraction of sp³-hybridized carbons (Fsp3) is 0.273. The van der Waals surface area contributed by atoms with Crippen LogP contribution in [0.1, 0.15) is 16.7 Å². The molecule has 102 valence electrons. The Bertz CT molecular complexity index is 683. The zero-order valence-electron chi connectivity index (χ0n) is 10.8. The summed E-state index contributed by atoms with van der Waals surface area (Å²) in [6, 6.07) is 1.78. The van der Waals surface area contributed by atoms with Crippen LogP contribution in [0.25, 0.3) is 0 Å². The van der Waals surface area contributed by atoms with Gasteiger partial charge in [0, 0.05) is 17.2 Å². The Morgan fingerprint density at radius 2 is 1.95 bits per heavy atom. The van der Waals surface area contributed by atoms with Crippen LogP contribution in [0.2, 0.25) is 0 Å². The van der Waals surface area contributed by atoms with Crippen molar-refractivity contribution in [2.75, 3.05) is 10.5 Å². The third-order valence-corrected chi connectivity index (χ3v) is 5.29. The maximum absolute atomic E-state index is 12.4. The summed E-state index contributed by atoms with van der Waals surface area (Å²) in [5, 5.41) is 3.97. The molecule has 0 saturated carbocycles. The third-order valence-electron chi connectivity index (χ3n) is 2.94. The van der Waals surface area contributed by atoms with Gasteiger partial charge in [0.25, 0.3) is 10.0 Å².